The first-order chi connectivity index (χ1) is 13.8. The second-order valence-electron chi connectivity index (χ2n) is 6.65. The molecule has 1 atom stereocenters. The Balaban J connectivity index is 1.74. The fraction of sp³-hybridized carbons (Fsp3) is 0.125. The molecule has 0 aliphatic carbocycles. The summed E-state index contributed by atoms with van der Waals surface area (Å²) in [7, 11) is 1.60. The first kappa shape index (κ1) is 18.0. The van der Waals surface area contributed by atoms with Gasteiger partial charge in [0.1, 0.15) is 11.6 Å². The molecular weight excluding hydrogens is 351 g/mol. The zero-order valence-electron chi connectivity index (χ0n) is 15.6. The molecule has 0 saturated heterocycles. The lowest BCUT2D eigenvalue weighted by Gasteiger charge is -2.24. The molecule has 1 aromatic heterocycles. The van der Waals surface area contributed by atoms with Crippen molar-refractivity contribution in [1.82, 2.24) is 10.3 Å². The number of hydrogen-bond acceptors (Lipinski definition) is 3. The zero-order chi connectivity index (χ0) is 19.3. The third-order valence-electron chi connectivity index (χ3n) is 4.86. The Bertz CT molecular complexity index is 1030. The van der Waals surface area contributed by atoms with Crippen LogP contribution in [0.25, 0.3) is 17.2 Å². The summed E-state index contributed by atoms with van der Waals surface area (Å²) in [5.74, 6) is 0.388. The van der Waals surface area contributed by atoms with Gasteiger partial charge in [0.2, 0.25) is 0 Å². The van der Waals surface area contributed by atoms with E-state index in [0.717, 1.165) is 23.1 Å². The van der Waals surface area contributed by atoms with Gasteiger partial charge in [-0.3, -0.25) is 4.98 Å². The van der Waals surface area contributed by atoms with Crippen molar-refractivity contribution >= 4 is 6.08 Å². The van der Waals surface area contributed by atoms with Crippen LogP contribution in [0.1, 0.15) is 23.6 Å². The fourth-order valence-electron chi connectivity index (χ4n) is 3.50. The molecule has 4 rings (SSSR count). The summed E-state index contributed by atoms with van der Waals surface area (Å²) >= 11 is 0. The van der Waals surface area contributed by atoms with Crippen LogP contribution in [0.3, 0.4) is 0 Å². The minimum Gasteiger partial charge on any atom is -0.496 e. The van der Waals surface area contributed by atoms with E-state index in [-0.39, 0.29) is 11.9 Å². The third kappa shape index (κ3) is 3.67. The van der Waals surface area contributed by atoms with E-state index in [4.69, 9.17) is 4.74 Å². The summed E-state index contributed by atoms with van der Waals surface area (Å²) < 4.78 is 20.0. The van der Waals surface area contributed by atoms with Gasteiger partial charge < -0.3 is 10.1 Å². The molecule has 1 aliphatic heterocycles. The van der Waals surface area contributed by atoms with Gasteiger partial charge in [0.05, 0.1) is 13.2 Å². The lowest BCUT2D eigenvalue weighted by Crippen LogP contribution is -2.20. The molecule has 4 heteroatoms. The van der Waals surface area contributed by atoms with Crippen LogP contribution in [-0.4, -0.2) is 12.1 Å². The fourth-order valence-corrected chi connectivity index (χ4v) is 3.50. The summed E-state index contributed by atoms with van der Waals surface area (Å²) in [6.07, 6.45) is 10.6. The molecule has 0 saturated carbocycles. The second-order valence-corrected chi connectivity index (χ2v) is 6.65. The highest BCUT2D eigenvalue weighted by molar-refractivity contribution is 5.74. The Labute approximate surface area is 164 Å². The van der Waals surface area contributed by atoms with Crippen molar-refractivity contribution in [3.05, 3.63) is 102 Å². The van der Waals surface area contributed by atoms with Crippen LogP contribution in [0.4, 0.5) is 4.39 Å². The van der Waals surface area contributed by atoms with E-state index in [1.54, 1.807) is 19.4 Å². The molecule has 3 nitrogen and oxygen atoms in total. The Morgan fingerprint density at radius 2 is 2.00 bits per heavy atom. The standard InChI is InChI=1S/C24H21FN2O/c1-28-23-9-3-2-8-20(23)21-15-17(10-11-22(21)25)14-18-6-5-13-27-24(18)19-7-4-12-26-16-19/h2-5,7-16,24,27H,6H2,1H3. The summed E-state index contributed by atoms with van der Waals surface area (Å²) in [4.78, 5) is 4.23. The van der Waals surface area contributed by atoms with E-state index >= 15 is 0 Å². The number of nitrogens with zero attached hydrogens (tertiary/aromatic N) is 1. The summed E-state index contributed by atoms with van der Waals surface area (Å²) in [5.41, 5.74) is 4.53. The van der Waals surface area contributed by atoms with Crippen molar-refractivity contribution in [1.29, 1.82) is 0 Å². The molecule has 0 amide bonds. The van der Waals surface area contributed by atoms with Crippen molar-refractivity contribution in [3.8, 4) is 16.9 Å². The predicted molar refractivity (Wildman–Crippen MR) is 110 cm³/mol. The first-order valence-electron chi connectivity index (χ1n) is 9.20. The van der Waals surface area contributed by atoms with Crippen molar-refractivity contribution in [3.63, 3.8) is 0 Å². The number of ether oxygens (including phenoxy) is 1. The quantitative estimate of drug-likeness (QED) is 0.654. The van der Waals surface area contributed by atoms with E-state index in [9.17, 15) is 4.39 Å². The van der Waals surface area contributed by atoms with Crippen LogP contribution >= 0.6 is 0 Å². The average Bonchev–Trinajstić information content (AvgIpc) is 2.76. The average molecular weight is 372 g/mol. The van der Waals surface area contributed by atoms with E-state index in [1.165, 1.54) is 11.6 Å². The van der Waals surface area contributed by atoms with Gasteiger partial charge >= 0.3 is 0 Å². The van der Waals surface area contributed by atoms with Crippen LogP contribution in [0.5, 0.6) is 5.75 Å². The molecule has 2 heterocycles. The molecule has 0 radical (unpaired) electrons. The van der Waals surface area contributed by atoms with E-state index in [2.05, 4.69) is 28.5 Å². The van der Waals surface area contributed by atoms with Crippen molar-refractivity contribution in [2.45, 2.75) is 12.5 Å². The molecule has 1 N–H and O–H groups in total. The monoisotopic (exact) mass is 372 g/mol. The van der Waals surface area contributed by atoms with Gasteiger partial charge in [-0.15, -0.1) is 0 Å². The molecule has 0 fully saturated rings. The number of allylic oxidation sites excluding steroid dienone is 1. The number of hydrogen-bond donors (Lipinski definition) is 1. The molecule has 2 aromatic carbocycles. The van der Waals surface area contributed by atoms with Gasteiger partial charge in [-0.05, 0) is 53.6 Å². The Kier molecular flexibility index (Phi) is 5.20. The largest absolute Gasteiger partial charge is 0.496 e. The molecule has 3 aromatic rings. The van der Waals surface area contributed by atoms with Gasteiger partial charge in [0.15, 0.2) is 0 Å². The molecule has 1 aliphatic rings. The molecule has 140 valence electrons. The van der Waals surface area contributed by atoms with E-state index in [0.29, 0.717) is 11.3 Å². The number of benzene rings is 2. The van der Waals surface area contributed by atoms with Gasteiger partial charge in [0, 0.05) is 23.5 Å². The molecular formula is C24H21FN2O. The molecule has 1 unspecified atom stereocenters. The zero-order valence-corrected chi connectivity index (χ0v) is 15.6. The minimum absolute atomic E-state index is 0.0541. The van der Waals surface area contributed by atoms with Crippen LogP contribution < -0.4 is 10.1 Å². The second kappa shape index (κ2) is 8.09. The molecule has 0 bridgehead atoms. The van der Waals surface area contributed by atoms with Gasteiger partial charge in [-0.2, -0.15) is 0 Å². The lowest BCUT2D eigenvalue weighted by atomic mass is 9.92. The topological polar surface area (TPSA) is 34.1 Å². The number of halogens is 1. The van der Waals surface area contributed by atoms with Gasteiger partial charge in [-0.25, -0.2) is 4.39 Å². The summed E-state index contributed by atoms with van der Waals surface area (Å²) in [5, 5.41) is 3.40. The molecule has 28 heavy (non-hydrogen) atoms. The Morgan fingerprint density at radius 1 is 1.11 bits per heavy atom. The van der Waals surface area contributed by atoms with Crippen LogP contribution in [0, 0.1) is 5.82 Å². The molecule has 0 spiro atoms. The van der Waals surface area contributed by atoms with Crippen LogP contribution in [0.15, 0.2) is 84.8 Å². The smallest absolute Gasteiger partial charge is 0.131 e. The third-order valence-corrected chi connectivity index (χ3v) is 4.86. The minimum atomic E-state index is -0.267. The normalized spacial score (nSPS) is 17.4. The highest BCUT2D eigenvalue weighted by atomic mass is 19.1. The maximum Gasteiger partial charge on any atom is 0.131 e. The van der Waals surface area contributed by atoms with Gasteiger partial charge in [0.25, 0.3) is 0 Å². The summed E-state index contributed by atoms with van der Waals surface area (Å²) in [6, 6.07) is 16.7. The van der Waals surface area contributed by atoms with Crippen molar-refractivity contribution < 1.29 is 9.13 Å². The van der Waals surface area contributed by atoms with Crippen molar-refractivity contribution in [2.75, 3.05) is 7.11 Å². The number of aromatic nitrogens is 1. The lowest BCUT2D eigenvalue weighted by molar-refractivity contribution is 0.416. The predicted octanol–water partition coefficient (Wildman–Crippen LogP) is 5.53. The SMILES string of the molecule is COc1ccccc1-c1cc(C=C2CC=CNC2c2cccnc2)ccc1F. The number of para-hydroxylation sites is 1. The Hall–Kier alpha value is -3.40. The summed E-state index contributed by atoms with van der Waals surface area (Å²) in [6.45, 7) is 0. The maximum atomic E-state index is 14.6. The van der Waals surface area contributed by atoms with Gasteiger partial charge in [-0.1, -0.05) is 42.5 Å². The maximum absolute atomic E-state index is 14.6. The first-order valence-corrected chi connectivity index (χ1v) is 9.20. The van der Waals surface area contributed by atoms with E-state index in [1.807, 2.05) is 48.8 Å². The highest BCUT2D eigenvalue weighted by Gasteiger charge is 2.18. The van der Waals surface area contributed by atoms with Crippen LogP contribution in [0.2, 0.25) is 0 Å². The number of pyridine rings is 1. The number of methoxy groups -OCH3 is 1. The highest BCUT2D eigenvalue weighted by Crippen LogP contribution is 2.34. The number of nitrogens with one attached hydrogen (secondary N) is 1. The number of rotatable bonds is 4. The van der Waals surface area contributed by atoms with Crippen LogP contribution in [-0.2, 0) is 0 Å². The van der Waals surface area contributed by atoms with E-state index < -0.39 is 0 Å². The van der Waals surface area contributed by atoms with Crippen molar-refractivity contribution in [2.24, 2.45) is 0 Å². The Morgan fingerprint density at radius 3 is 2.82 bits per heavy atom.